The standard InChI is InChI=1S/C14H25N3O3/c1-3-14(4-2,12(18)19)15-13(20)17-9-8-16-7-5-6-11(16)10-17/h11H,3-10H2,1-2H3,(H,15,20)(H,18,19). The number of fused-ring (bicyclic) bond motifs is 1. The van der Waals surface area contributed by atoms with Gasteiger partial charge < -0.3 is 15.3 Å². The molecule has 2 N–H and O–H groups in total. The molecule has 0 aliphatic carbocycles. The molecule has 0 aromatic rings. The molecular formula is C14H25N3O3. The van der Waals surface area contributed by atoms with Crippen molar-refractivity contribution in [3.8, 4) is 0 Å². The van der Waals surface area contributed by atoms with Crippen molar-refractivity contribution in [1.29, 1.82) is 0 Å². The van der Waals surface area contributed by atoms with E-state index in [4.69, 9.17) is 0 Å². The smallest absolute Gasteiger partial charge is 0.329 e. The second-order valence-corrected chi connectivity index (χ2v) is 5.80. The average molecular weight is 283 g/mol. The molecule has 1 unspecified atom stereocenters. The second kappa shape index (κ2) is 5.99. The van der Waals surface area contributed by atoms with Gasteiger partial charge in [-0.1, -0.05) is 13.8 Å². The summed E-state index contributed by atoms with van der Waals surface area (Å²) in [6.07, 6.45) is 3.13. The molecule has 2 fully saturated rings. The molecule has 2 heterocycles. The van der Waals surface area contributed by atoms with Crippen LogP contribution in [0.1, 0.15) is 39.5 Å². The van der Waals surface area contributed by atoms with Crippen LogP contribution in [0.25, 0.3) is 0 Å². The number of urea groups is 1. The molecule has 0 bridgehead atoms. The third kappa shape index (κ3) is 2.75. The first-order valence-corrected chi connectivity index (χ1v) is 7.57. The molecule has 114 valence electrons. The van der Waals surface area contributed by atoms with Crippen LogP contribution in [0.5, 0.6) is 0 Å². The van der Waals surface area contributed by atoms with Crippen molar-refractivity contribution in [2.75, 3.05) is 26.2 Å². The van der Waals surface area contributed by atoms with Gasteiger partial charge in [0.05, 0.1) is 0 Å². The van der Waals surface area contributed by atoms with Crippen LogP contribution >= 0.6 is 0 Å². The highest BCUT2D eigenvalue weighted by atomic mass is 16.4. The Kier molecular flexibility index (Phi) is 4.52. The van der Waals surface area contributed by atoms with Crippen LogP contribution in [-0.2, 0) is 4.79 Å². The largest absolute Gasteiger partial charge is 0.480 e. The zero-order chi connectivity index (χ0) is 14.8. The van der Waals surface area contributed by atoms with Gasteiger partial charge >= 0.3 is 12.0 Å². The number of nitrogens with one attached hydrogen (secondary N) is 1. The fraction of sp³-hybridized carbons (Fsp3) is 0.857. The van der Waals surface area contributed by atoms with E-state index in [0.717, 1.165) is 26.1 Å². The van der Waals surface area contributed by atoms with Crippen LogP contribution in [0, 0.1) is 0 Å². The lowest BCUT2D eigenvalue weighted by Crippen LogP contribution is -2.61. The topological polar surface area (TPSA) is 72.9 Å². The normalized spacial score (nSPS) is 23.5. The lowest BCUT2D eigenvalue weighted by Gasteiger charge is -2.39. The molecule has 6 nitrogen and oxygen atoms in total. The lowest BCUT2D eigenvalue weighted by atomic mass is 9.93. The van der Waals surface area contributed by atoms with E-state index in [2.05, 4.69) is 10.2 Å². The predicted molar refractivity (Wildman–Crippen MR) is 75.6 cm³/mol. The summed E-state index contributed by atoms with van der Waals surface area (Å²) in [6.45, 7) is 7.03. The van der Waals surface area contributed by atoms with E-state index in [1.54, 1.807) is 18.7 Å². The summed E-state index contributed by atoms with van der Waals surface area (Å²) in [5, 5.41) is 12.1. The van der Waals surface area contributed by atoms with Crippen molar-refractivity contribution in [3.63, 3.8) is 0 Å². The van der Waals surface area contributed by atoms with Gasteiger partial charge in [-0.25, -0.2) is 9.59 Å². The predicted octanol–water partition coefficient (Wildman–Crippen LogP) is 1.12. The third-order valence-corrected chi connectivity index (χ3v) is 4.84. The molecule has 2 amide bonds. The first kappa shape index (κ1) is 15.1. The Hall–Kier alpha value is -1.30. The first-order valence-electron chi connectivity index (χ1n) is 7.57. The molecule has 2 saturated heterocycles. The highest BCUT2D eigenvalue weighted by Crippen LogP contribution is 2.22. The van der Waals surface area contributed by atoms with Gasteiger partial charge in [-0.2, -0.15) is 0 Å². The minimum absolute atomic E-state index is 0.234. The van der Waals surface area contributed by atoms with E-state index in [1.807, 2.05) is 0 Å². The van der Waals surface area contributed by atoms with Crippen LogP contribution in [-0.4, -0.2) is 64.7 Å². The molecule has 0 aromatic carbocycles. The van der Waals surface area contributed by atoms with Crippen molar-refractivity contribution >= 4 is 12.0 Å². The highest BCUT2D eigenvalue weighted by molar-refractivity contribution is 5.86. The van der Waals surface area contributed by atoms with E-state index in [0.29, 0.717) is 25.4 Å². The van der Waals surface area contributed by atoms with E-state index >= 15 is 0 Å². The minimum Gasteiger partial charge on any atom is -0.480 e. The summed E-state index contributed by atoms with van der Waals surface area (Å²) in [6, 6.07) is 0.222. The van der Waals surface area contributed by atoms with Gasteiger partial charge in [-0.05, 0) is 32.2 Å². The van der Waals surface area contributed by atoms with Gasteiger partial charge in [0.1, 0.15) is 5.54 Å². The number of aliphatic carboxylic acids is 1. The summed E-state index contributed by atoms with van der Waals surface area (Å²) < 4.78 is 0. The maximum absolute atomic E-state index is 12.4. The number of hydrogen-bond acceptors (Lipinski definition) is 3. The number of nitrogens with zero attached hydrogens (tertiary/aromatic N) is 2. The van der Waals surface area contributed by atoms with Gasteiger partial charge in [0.2, 0.25) is 0 Å². The SMILES string of the molecule is CCC(CC)(NC(=O)N1CCN2CCCC2C1)C(=O)O. The summed E-state index contributed by atoms with van der Waals surface area (Å²) in [5.41, 5.74) is -1.14. The number of carboxylic acid groups (broad SMARTS) is 1. The fourth-order valence-corrected chi connectivity index (χ4v) is 3.24. The average Bonchev–Trinajstić information content (AvgIpc) is 2.91. The maximum atomic E-state index is 12.4. The Morgan fingerprint density at radius 1 is 1.25 bits per heavy atom. The number of carbonyl (C=O) groups excluding carboxylic acids is 1. The molecule has 6 heteroatoms. The Bertz CT molecular complexity index is 382. The van der Waals surface area contributed by atoms with Gasteiger partial charge in [-0.15, -0.1) is 0 Å². The highest BCUT2D eigenvalue weighted by Gasteiger charge is 2.39. The van der Waals surface area contributed by atoms with E-state index < -0.39 is 11.5 Å². The molecule has 1 atom stereocenters. The van der Waals surface area contributed by atoms with Crippen molar-refractivity contribution in [3.05, 3.63) is 0 Å². The van der Waals surface area contributed by atoms with Gasteiger partial charge in [-0.3, -0.25) is 4.90 Å². The van der Waals surface area contributed by atoms with Gasteiger partial charge in [0.15, 0.2) is 0 Å². The van der Waals surface area contributed by atoms with Gasteiger partial charge in [0.25, 0.3) is 0 Å². The molecule has 20 heavy (non-hydrogen) atoms. The molecule has 0 saturated carbocycles. The van der Waals surface area contributed by atoms with E-state index in [1.165, 1.54) is 6.42 Å². The third-order valence-electron chi connectivity index (χ3n) is 4.84. The second-order valence-electron chi connectivity index (χ2n) is 5.80. The number of rotatable bonds is 4. The molecule has 0 spiro atoms. The number of amides is 2. The molecular weight excluding hydrogens is 258 g/mol. The van der Waals surface area contributed by atoms with Crippen LogP contribution in [0.3, 0.4) is 0 Å². The lowest BCUT2D eigenvalue weighted by molar-refractivity contribution is -0.144. The quantitative estimate of drug-likeness (QED) is 0.811. The number of carboxylic acids is 1. The summed E-state index contributed by atoms with van der Waals surface area (Å²) in [4.78, 5) is 28.0. The molecule has 0 radical (unpaired) electrons. The maximum Gasteiger partial charge on any atom is 0.329 e. The molecule has 2 aliphatic rings. The Morgan fingerprint density at radius 3 is 2.55 bits per heavy atom. The minimum atomic E-state index is -1.14. The van der Waals surface area contributed by atoms with E-state index in [9.17, 15) is 14.7 Å². The fourth-order valence-electron chi connectivity index (χ4n) is 3.24. The number of hydrogen-bond donors (Lipinski definition) is 2. The Balaban J connectivity index is 1.99. The van der Waals surface area contributed by atoms with Crippen LogP contribution in [0.4, 0.5) is 4.79 Å². The van der Waals surface area contributed by atoms with Gasteiger partial charge in [0, 0.05) is 25.7 Å². The van der Waals surface area contributed by atoms with Crippen molar-refractivity contribution in [2.24, 2.45) is 0 Å². The summed E-state index contributed by atoms with van der Waals surface area (Å²) in [5.74, 6) is -0.949. The van der Waals surface area contributed by atoms with Crippen molar-refractivity contribution in [1.82, 2.24) is 15.1 Å². The molecule has 2 aliphatic heterocycles. The van der Waals surface area contributed by atoms with Crippen LogP contribution < -0.4 is 5.32 Å². The van der Waals surface area contributed by atoms with Crippen molar-refractivity contribution < 1.29 is 14.7 Å². The monoisotopic (exact) mass is 283 g/mol. The summed E-state index contributed by atoms with van der Waals surface area (Å²) >= 11 is 0. The van der Waals surface area contributed by atoms with Crippen LogP contribution in [0.2, 0.25) is 0 Å². The Morgan fingerprint density at radius 2 is 1.95 bits per heavy atom. The van der Waals surface area contributed by atoms with Crippen molar-refractivity contribution in [2.45, 2.75) is 51.1 Å². The Labute approximate surface area is 120 Å². The zero-order valence-electron chi connectivity index (χ0n) is 12.4. The zero-order valence-corrected chi connectivity index (χ0v) is 12.4. The summed E-state index contributed by atoms with van der Waals surface area (Å²) in [7, 11) is 0. The van der Waals surface area contributed by atoms with E-state index in [-0.39, 0.29) is 6.03 Å². The molecule has 0 aromatic heterocycles. The number of carbonyl (C=O) groups is 2. The van der Waals surface area contributed by atoms with Crippen LogP contribution in [0.15, 0.2) is 0 Å². The first-order chi connectivity index (χ1) is 9.52. The molecule has 2 rings (SSSR count). The number of piperazine rings is 1.